The van der Waals surface area contributed by atoms with E-state index in [0.29, 0.717) is 12.3 Å². The molecule has 3 rings (SSSR count). The Morgan fingerprint density at radius 3 is 2.69 bits per heavy atom. The molecule has 3 aromatic rings. The van der Waals surface area contributed by atoms with Gasteiger partial charge in [0, 0.05) is 9.75 Å². The molecule has 2 aromatic carbocycles. The molecule has 1 heterocycles. The third-order valence-electron chi connectivity index (χ3n) is 3.89. The molecule has 26 heavy (non-hydrogen) atoms. The van der Waals surface area contributed by atoms with Crippen LogP contribution in [-0.4, -0.2) is 17.6 Å². The van der Waals surface area contributed by atoms with Crippen molar-refractivity contribution in [3.63, 3.8) is 0 Å². The number of aryl methyl sites for hydroxylation is 1. The zero-order valence-electron chi connectivity index (χ0n) is 14.5. The van der Waals surface area contributed by atoms with Gasteiger partial charge in [-0.1, -0.05) is 42.5 Å². The minimum Gasteiger partial charge on any atom is -0.484 e. The Bertz CT molecular complexity index is 860. The lowest BCUT2D eigenvalue weighted by Gasteiger charge is -2.08. The van der Waals surface area contributed by atoms with Gasteiger partial charge < -0.3 is 15.2 Å². The first-order chi connectivity index (χ1) is 12.6. The number of thiophene rings is 1. The number of benzene rings is 2. The second-order valence-electron chi connectivity index (χ2n) is 6.00. The van der Waals surface area contributed by atoms with E-state index >= 15 is 0 Å². The summed E-state index contributed by atoms with van der Waals surface area (Å²) in [7, 11) is 0. The van der Waals surface area contributed by atoms with E-state index in [1.807, 2.05) is 73.7 Å². The SMILES string of the molecule is Cc1cccc(OCC(=O)NCc2ccc(C(O)c3ccccc3)s2)c1. The zero-order valence-corrected chi connectivity index (χ0v) is 15.3. The average molecular weight is 367 g/mol. The minimum absolute atomic E-state index is 0.0195. The summed E-state index contributed by atoms with van der Waals surface area (Å²) in [6, 6.07) is 20.9. The molecule has 0 saturated heterocycles. The summed E-state index contributed by atoms with van der Waals surface area (Å²) >= 11 is 1.49. The highest BCUT2D eigenvalue weighted by Crippen LogP contribution is 2.28. The van der Waals surface area contributed by atoms with Gasteiger partial charge in [-0.2, -0.15) is 0 Å². The zero-order chi connectivity index (χ0) is 18.4. The van der Waals surface area contributed by atoms with Crippen molar-refractivity contribution < 1.29 is 14.6 Å². The molecule has 134 valence electrons. The molecule has 0 radical (unpaired) electrons. The monoisotopic (exact) mass is 367 g/mol. The van der Waals surface area contributed by atoms with Crippen LogP contribution in [0.5, 0.6) is 5.75 Å². The quantitative estimate of drug-likeness (QED) is 0.667. The lowest BCUT2D eigenvalue weighted by molar-refractivity contribution is -0.123. The Morgan fingerprint density at radius 2 is 1.92 bits per heavy atom. The van der Waals surface area contributed by atoms with E-state index < -0.39 is 6.10 Å². The Hall–Kier alpha value is -2.63. The highest BCUT2D eigenvalue weighted by molar-refractivity contribution is 7.12. The van der Waals surface area contributed by atoms with Gasteiger partial charge in [0.05, 0.1) is 6.54 Å². The molecule has 0 aliphatic carbocycles. The summed E-state index contributed by atoms with van der Waals surface area (Å²) in [5.74, 6) is 0.509. The largest absolute Gasteiger partial charge is 0.484 e. The normalized spacial score (nSPS) is 11.8. The molecule has 0 saturated carbocycles. The Morgan fingerprint density at radius 1 is 1.12 bits per heavy atom. The fourth-order valence-electron chi connectivity index (χ4n) is 2.53. The molecule has 4 nitrogen and oxygen atoms in total. The average Bonchev–Trinajstić information content (AvgIpc) is 3.14. The Kier molecular flexibility index (Phi) is 6.04. The van der Waals surface area contributed by atoms with Gasteiger partial charge in [-0.05, 0) is 42.3 Å². The molecule has 0 aliphatic rings. The predicted molar refractivity (Wildman–Crippen MR) is 103 cm³/mol. The highest BCUT2D eigenvalue weighted by Gasteiger charge is 2.13. The van der Waals surface area contributed by atoms with Gasteiger partial charge in [0.1, 0.15) is 11.9 Å². The van der Waals surface area contributed by atoms with Crippen molar-refractivity contribution in [2.45, 2.75) is 19.6 Å². The maximum Gasteiger partial charge on any atom is 0.258 e. The van der Waals surface area contributed by atoms with Crippen LogP contribution in [0.15, 0.2) is 66.7 Å². The summed E-state index contributed by atoms with van der Waals surface area (Å²) in [5.41, 5.74) is 1.95. The van der Waals surface area contributed by atoms with Gasteiger partial charge in [-0.15, -0.1) is 11.3 Å². The first kappa shape index (κ1) is 18.2. The maximum atomic E-state index is 12.0. The number of aliphatic hydroxyl groups excluding tert-OH is 1. The van der Waals surface area contributed by atoms with E-state index in [-0.39, 0.29) is 12.5 Å². The second kappa shape index (κ2) is 8.65. The molecule has 1 amide bonds. The van der Waals surface area contributed by atoms with Crippen LogP contribution in [-0.2, 0) is 11.3 Å². The van der Waals surface area contributed by atoms with E-state index in [1.165, 1.54) is 11.3 Å². The molecule has 0 aliphatic heterocycles. The number of aliphatic hydroxyl groups is 1. The van der Waals surface area contributed by atoms with E-state index in [0.717, 1.165) is 20.9 Å². The molecule has 2 N–H and O–H groups in total. The fraction of sp³-hybridized carbons (Fsp3) is 0.190. The molecule has 5 heteroatoms. The molecule has 0 fully saturated rings. The van der Waals surface area contributed by atoms with E-state index in [4.69, 9.17) is 4.74 Å². The summed E-state index contributed by atoms with van der Waals surface area (Å²) in [6.45, 7) is 2.38. The number of nitrogens with one attached hydrogen (secondary N) is 1. The summed E-state index contributed by atoms with van der Waals surface area (Å²) in [5, 5.41) is 13.3. The molecular formula is C21H21NO3S. The van der Waals surface area contributed by atoms with Crippen molar-refractivity contribution in [2.75, 3.05) is 6.61 Å². The smallest absolute Gasteiger partial charge is 0.258 e. The van der Waals surface area contributed by atoms with Crippen molar-refractivity contribution in [1.82, 2.24) is 5.32 Å². The molecule has 0 bridgehead atoms. The van der Waals surface area contributed by atoms with Crippen LogP contribution < -0.4 is 10.1 Å². The standard InChI is InChI=1S/C21H21NO3S/c1-15-6-5-9-17(12-15)25-14-20(23)22-13-18-10-11-19(26-18)21(24)16-7-3-2-4-8-16/h2-12,21,24H,13-14H2,1H3,(H,22,23). The molecule has 0 spiro atoms. The van der Waals surface area contributed by atoms with Gasteiger partial charge in [-0.25, -0.2) is 0 Å². The summed E-state index contributed by atoms with van der Waals surface area (Å²) in [4.78, 5) is 13.8. The number of ether oxygens (including phenoxy) is 1. The van der Waals surface area contributed by atoms with Crippen LogP contribution in [0, 0.1) is 6.92 Å². The third-order valence-corrected chi connectivity index (χ3v) is 5.02. The van der Waals surface area contributed by atoms with E-state index in [2.05, 4.69) is 5.32 Å². The topological polar surface area (TPSA) is 58.6 Å². The van der Waals surface area contributed by atoms with Crippen molar-refractivity contribution >= 4 is 17.2 Å². The van der Waals surface area contributed by atoms with Gasteiger partial charge in [0.25, 0.3) is 5.91 Å². The number of rotatable bonds is 7. The Labute approximate surface area is 157 Å². The van der Waals surface area contributed by atoms with E-state index in [9.17, 15) is 9.90 Å². The molecule has 1 atom stereocenters. The van der Waals surface area contributed by atoms with Crippen molar-refractivity contribution in [3.8, 4) is 5.75 Å². The summed E-state index contributed by atoms with van der Waals surface area (Å²) < 4.78 is 5.49. The first-order valence-electron chi connectivity index (χ1n) is 8.39. The van der Waals surface area contributed by atoms with Crippen LogP contribution in [0.2, 0.25) is 0 Å². The number of carbonyl (C=O) groups is 1. The number of carbonyl (C=O) groups excluding carboxylic acids is 1. The van der Waals surface area contributed by atoms with Crippen LogP contribution in [0.4, 0.5) is 0 Å². The lowest BCUT2D eigenvalue weighted by atomic mass is 10.1. The lowest BCUT2D eigenvalue weighted by Crippen LogP contribution is -2.28. The van der Waals surface area contributed by atoms with Crippen LogP contribution in [0.25, 0.3) is 0 Å². The maximum absolute atomic E-state index is 12.0. The van der Waals surface area contributed by atoms with Crippen molar-refractivity contribution in [2.24, 2.45) is 0 Å². The van der Waals surface area contributed by atoms with Crippen molar-refractivity contribution in [1.29, 1.82) is 0 Å². The molecule has 1 aromatic heterocycles. The fourth-order valence-corrected chi connectivity index (χ4v) is 3.49. The predicted octanol–water partition coefficient (Wildman–Crippen LogP) is 3.83. The number of hydrogen-bond donors (Lipinski definition) is 2. The third kappa shape index (κ3) is 4.94. The van der Waals surface area contributed by atoms with Crippen molar-refractivity contribution in [3.05, 3.63) is 87.6 Å². The minimum atomic E-state index is -0.643. The van der Waals surface area contributed by atoms with Gasteiger partial charge in [0.15, 0.2) is 6.61 Å². The number of amides is 1. The second-order valence-corrected chi connectivity index (χ2v) is 7.20. The van der Waals surface area contributed by atoms with Gasteiger partial charge in [-0.3, -0.25) is 4.79 Å². The number of hydrogen-bond acceptors (Lipinski definition) is 4. The van der Waals surface area contributed by atoms with Crippen LogP contribution in [0.1, 0.15) is 27.0 Å². The first-order valence-corrected chi connectivity index (χ1v) is 9.21. The Balaban J connectivity index is 1.49. The van der Waals surface area contributed by atoms with E-state index in [1.54, 1.807) is 0 Å². The van der Waals surface area contributed by atoms with Crippen LogP contribution >= 0.6 is 11.3 Å². The highest BCUT2D eigenvalue weighted by atomic mass is 32.1. The van der Waals surface area contributed by atoms with Gasteiger partial charge >= 0.3 is 0 Å². The molecule has 1 unspecified atom stereocenters. The summed E-state index contributed by atoms with van der Waals surface area (Å²) in [6.07, 6.45) is -0.643. The van der Waals surface area contributed by atoms with Gasteiger partial charge in [0.2, 0.25) is 0 Å². The molecular weight excluding hydrogens is 346 g/mol. The van der Waals surface area contributed by atoms with Crippen LogP contribution in [0.3, 0.4) is 0 Å².